The summed E-state index contributed by atoms with van der Waals surface area (Å²) in [6.07, 6.45) is 0.461. The van der Waals surface area contributed by atoms with E-state index in [9.17, 15) is 0 Å². The van der Waals surface area contributed by atoms with Crippen molar-refractivity contribution in [1.29, 1.82) is 5.26 Å². The molecular weight excluding hydrogens is 186 g/mol. The molecule has 3 nitrogen and oxygen atoms in total. The van der Waals surface area contributed by atoms with Gasteiger partial charge in [0.05, 0.1) is 12.5 Å². The zero-order valence-corrected chi connectivity index (χ0v) is 9.78. The number of benzene rings is 1. The van der Waals surface area contributed by atoms with Gasteiger partial charge in [-0.3, -0.25) is 0 Å². The molecule has 0 amide bonds. The Balaban J connectivity index is 3.15. The average Bonchev–Trinajstić information content (AvgIpc) is 2.17. The number of hydrogen-bond donors (Lipinski definition) is 0. The highest BCUT2D eigenvalue weighted by Gasteiger charge is 2.03. The second-order valence-corrected chi connectivity index (χ2v) is 3.98. The topological polar surface area (TPSA) is 30.3 Å². The highest BCUT2D eigenvalue weighted by molar-refractivity contribution is 5.61. The van der Waals surface area contributed by atoms with E-state index in [-0.39, 0.29) is 0 Å². The summed E-state index contributed by atoms with van der Waals surface area (Å²) < 4.78 is 0. The Morgan fingerprint density at radius 2 is 1.47 bits per heavy atom. The van der Waals surface area contributed by atoms with E-state index in [1.807, 2.05) is 38.0 Å². The maximum Gasteiger partial charge on any atom is 0.0669 e. The molecule has 0 saturated heterocycles. The molecule has 0 radical (unpaired) electrons. The SMILES string of the molecule is CN(C)c1cc(CC#N)cc(N(C)C)c1. The minimum atomic E-state index is 0.461. The first kappa shape index (κ1) is 11.4. The molecule has 0 aliphatic rings. The first-order valence-electron chi connectivity index (χ1n) is 4.90. The number of rotatable bonds is 3. The van der Waals surface area contributed by atoms with E-state index in [4.69, 9.17) is 5.26 Å². The highest BCUT2D eigenvalue weighted by Crippen LogP contribution is 2.23. The summed E-state index contributed by atoms with van der Waals surface area (Å²) in [7, 11) is 8.02. The van der Waals surface area contributed by atoms with Crippen molar-refractivity contribution in [3.63, 3.8) is 0 Å². The largest absolute Gasteiger partial charge is 0.378 e. The maximum absolute atomic E-state index is 8.70. The summed E-state index contributed by atoms with van der Waals surface area (Å²) >= 11 is 0. The van der Waals surface area contributed by atoms with Crippen LogP contribution in [0.4, 0.5) is 11.4 Å². The monoisotopic (exact) mass is 203 g/mol. The van der Waals surface area contributed by atoms with E-state index in [0.717, 1.165) is 16.9 Å². The Morgan fingerprint density at radius 3 is 1.80 bits per heavy atom. The summed E-state index contributed by atoms with van der Waals surface area (Å²) in [5, 5.41) is 8.70. The van der Waals surface area contributed by atoms with Crippen LogP contribution in [0, 0.1) is 11.3 Å². The van der Waals surface area contributed by atoms with E-state index in [1.54, 1.807) is 0 Å². The molecule has 0 bridgehead atoms. The Morgan fingerprint density at radius 1 is 1.00 bits per heavy atom. The zero-order chi connectivity index (χ0) is 11.4. The van der Waals surface area contributed by atoms with Crippen LogP contribution in [-0.2, 0) is 6.42 Å². The smallest absolute Gasteiger partial charge is 0.0669 e. The van der Waals surface area contributed by atoms with Crippen LogP contribution in [-0.4, -0.2) is 28.2 Å². The predicted molar refractivity (Wildman–Crippen MR) is 64.4 cm³/mol. The number of anilines is 2. The molecule has 0 atom stereocenters. The van der Waals surface area contributed by atoms with Gasteiger partial charge >= 0.3 is 0 Å². The second-order valence-electron chi connectivity index (χ2n) is 3.98. The van der Waals surface area contributed by atoms with Gasteiger partial charge in [-0.05, 0) is 23.8 Å². The molecule has 0 unspecified atom stereocenters. The van der Waals surface area contributed by atoms with Gasteiger partial charge in [0.2, 0.25) is 0 Å². The molecule has 0 aromatic heterocycles. The van der Waals surface area contributed by atoms with Crippen LogP contribution < -0.4 is 9.80 Å². The molecule has 3 heteroatoms. The molecule has 1 rings (SSSR count). The Hall–Kier alpha value is -1.69. The molecule has 0 aliphatic carbocycles. The lowest BCUT2D eigenvalue weighted by Crippen LogP contribution is -2.13. The first-order chi connectivity index (χ1) is 7.04. The van der Waals surface area contributed by atoms with Gasteiger partial charge in [-0.15, -0.1) is 0 Å². The van der Waals surface area contributed by atoms with Crippen LogP contribution in [0.1, 0.15) is 5.56 Å². The molecule has 80 valence electrons. The lowest BCUT2D eigenvalue weighted by Gasteiger charge is -2.19. The molecule has 1 aromatic rings. The number of hydrogen-bond acceptors (Lipinski definition) is 3. The number of nitrogens with zero attached hydrogens (tertiary/aromatic N) is 3. The molecule has 15 heavy (non-hydrogen) atoms. The molecule has 0 fully saturated rings. The van der Waals surface area contributed by atoms with Crippen molar-refractivity contribution in [1.82, 2.24) is 0 Å². The van der Waals surface area contributed by atoms with Crippen LogP contribution in [0.5, 0.6) is 0 Å². The summed E-state index contributed by atoms with van der Waals surface area (Å²) in [5.41, 5.74) is 3.32. The molecule has 0 N–H and O–H groups in total. The lowest BCUT2D eigenvalue weighted by molar-refractivity contribution is 1.09. The Labute approximate surface area is 91.5 Å². The predicted octanol–water partition coefficient (Wildman–Crippen LogP) is 1.88. The van der Waals surface area contributed by atoms with E-state index in [2.05, 4.69) is 24.3 Å². The van der Waals surface area contributed by atoms with Crippen molar-refractivity contribution >= 4 is 11.4 Å². The van der Waals surface area contributed by atoms with Gasteiger partial charge < -0.3 is 9.80 Å². The summed E-state index contributed by atoms with van der Waals surface area (Å²) in [6.45, 7) is 0. The van der Waals surface area contributed by atoms with Gasteiger partial charge in [-0.25, -0.2) is 0 Å². The van der Waals surface area contributed by atoms with Crippen molar-refractivity contribution in [3.05, 3.63) is 23.8 Å². The highest BCUT2D eigenvalue weighted by atomic mass is 15.1. The third-order valence-electron chi connectivity index (χ3n) is 2.28. The molecule has 0 heterocycles. The van der Waals surface area contributed by atoms with Crippen molar-refractivity contribution in [2.45, 2.75) is 6.42 Å². The van der Waals surface area contributed by atoms with E-state index in [0.29, 0.717) is 6.42 Å². The maximum atomic E-state index is 8.70. The van der Waals surface area contributed by atoms with Crippen molar-refractivity contribution in [2.75, 3.05) is 38.0 Å². The van der Waals surface area contributed by atoms with Crippen LogP contribution in [0.15, 0.2) is 18.2 Å². The Bertz CT molecular complexity index is 349. The third kappa shape index (κ3) is 2.88. The minimum absolute atomic E-state index is 0.461. The minimum Gasteiger partial charge on any atom is -0.378 e. The normalized spacial score (nSPS) is 9.53. The van der Waals surface area contributed by atoms with E-state index < -0.39 is 0 Å². The van der Waals surface area contributed by atoms with Crippen LogP contribution in [0.25, 0.3) is 0 Å². The van der Waals surface area contributed by atoms with Gasteiger partial charge in [0, 0.05) is 39.6 Å². The van der Waals surface area contributed by atoms with Crippen molar-refractivity contribution < 1.29 is 0 Å². The van der Waals surface area contributed by atoms with Crippen LogP contribution in [0.2, 0.25) is 0 Å². The zero-order valence-electron chi connectivity index (χ0n) is 9.78. The van der Waals surface area contributed by atoms with Gasteiger partial charge in [0.15, 0.2) is 0 Å². The third-order valence-corrected chi connectivity index (χ3v) is 2.28. The van der Waals surface area contributed by atoms with Gasteiger partial charge in [-0.1, -0.05) is 0 Å². The van der Waals surface area contributed by atoms with Crippen LogP contribution >= 0.6 is 0 Å². The van der Waals surface area contributed by atoms with E-state index in [1.165, 1.54) is 0 Å². The fourth-order valence-electron chi connectivity index (χ4n) is 1.37. The standard InChI is InChI=1S/C12H17N3/c1-14(2)11-7-10(5-6-13)8-12(9-11)15(3)4/h7-9H,5H2,1-4H3. The van der Waals surface area contributed by atoms with Crippen molar-refractivity contribution in [3.8, 4) is 6.07 Å². The first-order valence-corrected chi connectivity index (χ1v) is 4.90. The van der Waals surface area contributed by atoms with Gasteiger partial charge in [-0.2, -0.15) is 5.26 Å². The fraction of sp³-hybridized carbons (Fsp3) is 0.417. The molecule has 0 saturated carbocycles. The summed E-state index contributed by atoms with van der Waals surface area (Å²) in [6, 6.07) is 8.39. The fourth-order valence-corrected chi connectivity index (χ4v) is 1.37. The van der Waals surface area contributed by atoms with E-state index >= 15 is 0 Å². The number of nitriles is 1. The molecular formula is C12H17N3. The summed E-state index contributed by atoms with van der Waals surface area (Å²) in [4.78, 5) is 4.10. The molecule has 1 aromatic carbocycles. The van der Waals surface area contributed by atoms with Crippen molar-refractivity contribution in [2.24, 2.45) is 0 Å². The molecule has 0 aliphatic heterocycles. The van der Waals surface area contributed by atoms with Crippen LogP contribution in [0.3, 0.4) is 0 Å². The Kier molecular flexibility index (Phi) is 3.56. The lowest BCUT2D eigenvalue weighted by atomic mass is 10.1. The van der Waals surface area contributed by atoms with Gasteiger partial charge in [0.1, 0.15) is 0 Å². The molecule has 0 spiro atoms. The summed E-state index contributed by atoms with van der Waals surface area (Å²) in [5.74, 6) is 0. The second kappa shape index (κ2) is 4.70. The quantitative estimate of drug-likeness (QED) is 0.751. The average molecular weight is 203 g/mol. The van der Waals surface area contributed by atoms with Gasteiger partial charge in [0.25, 0.3) is 0 Å².